The van der Waals surface area contributed by atoms with Crippen LogP contribution in [0, 0.1) is 0 Å². The summed E-state index contributed by atoms with van der Waals surface area (Å²) in [6.45, 7) is 0.777. The molecule has 1 aliphatic rings. The maximum atomic E-state index is 13.0. The van der Waals surface area contributed by atoms with Crippen molar-refractivity contribution < 1.29 is 8.42 Å². The lowest BCUT2D eigenvalue weighted by Crippen LogP contribution is -2.42. The molecule has 4 aromatic rings. The van der Waals surface area contributed by atoms with E-state index in [1.54, 1.807) is 28.9 Å². The van der Waals surface area contributed by atoms with Crippen molar-refractivity contribution in [3.63, 3.8) is 0 Å². The molecule has 2 radical (unpaired) electrons. The molecule has 11 heteroatoms. The minimum absolute atomic E-state index is 0.0425. The molecule has 1 aliphatic heterocycles. The van der Waals surface area contributed by atoms with Crippen LogP contribution in [0.4, 0.5) is 5.82 Å². The van der Waals surface area contributed by atoms with Gasteiger partial charge >= 0.3 is 0 Å². The van der Waals surface area contributed by atoms with Gasteiger partial charge < -0.3 is 5.32 Å². The Morgan fingerprint density at radius 3 is 2.53 bits per heavy atom. The van der Waals surface area contributed by atoms with Crippen molar-refractivity contribution in [2.45, 2.75) is 23.8 Å². The zero-order valence-electron chi connectivity index (χ0n) is 18.0. The van der Waals surface area contributed by atoms with Gasteiger partial charge in [0.15, 0.2) is 5.65 Å². The molecule has 0 bridgehead atoms. The molecule has 5 rings (SSSR count). The van der Waals surface area contributed by atoms with Crippen LogP contribution in [0.2, 0.25) is 10.0 Å². The maximum absolute atomic E-state index is 13.0. The average molecular weight is 512 g/mol. The summed E-state index contributed by atoms with van der Waals surface area (Å²) in [6.07, 6.45) is 2.81. The molecule has 0 unspecified atom stereocenters. The topological polar surface area (TPSA) is 79.6 Å². The number of aromatic nitrogens is 3. The molecule has 0 amide bonds. The number of halogens is 2. The Morgan fingerprint density at radius 1 is 1.03 bits per heavy atom. The van der Waals surface area contributed by atoms with Crippen molar-refractivity contribution in [3.05, 3.63) is 70.8 Å². The Balaban J connectivity index is 1.38. The van der Waals surface area contributed by atoms with Gasteiger partial charge in [-0.15, -0.1) is 0 Å². The molecular formula is C23H20BCl2N5O2S. The Labute approximate surface area is 209 Å². The number of anilines is 1. The van der Waals surface area contributed by atoms with E-state index in [9.17, 15) is 8.42 Å². The summed E-state index contributed by atoms with van der Waals surface area (Å²) in [5, 5.41) is 8.85. The number of nitrogens with zero attached hydrogens (tertiary/aromatic N) is 4. The van der Waals surface area contributed by atoms with Gasteiger partial charge in [0, 0.05) is 47.0 Å². The Kier molecular flexibility index (Phi) is 6.29. The van der Waals surface area contributed by atoms with E-state index in [0.29, 0.717) is 58.6 Å². The monoisotopic (exact) mass is 511 g/mol. The van der Waals surface area contributed by atoms with Crippen molar-refractivity contribution in [2.75, 3.05) is 18.4 Å². The first-order chi connectivity index (χ1) is 16.3. The summed E-state index contributed by atoms with van der Waals surface area (Å²) in [5.41, 5.74) is 2.45. The van der Waals surface area contributed by atoms with E-state index < -0.39 is 10.0 Å². The van der Waals surface area contributed by atoms with Crippen LogP contribution >= 0.6 is 23.2 Å². The lowest BCUT2D eigenvalue weighted by Gasteiger charge is -2.32. The van der Waals surface area contributed by atoms with Crippen LogP contribution < -0.4 is 10.8 Å². The van der Waals surface area contributed by atoms with E-state index in [0.717, 1.165) is 5.56 Å². The van der Waals surface area contributed by atoms with E-state index in [1.807, 2.05) is 30.3 Å². The first kappa shape index (κ1) is 23.2. The Hall–Kier alpha value is -2.59. The summed E-state index contributed by atoms with van der Waals surface area (Å²) in [5.74, 6) is 0.716. The second kappa shape index (κ2) is 9.22. The van der Waals surface area contributed by atoms with Gasteiger partial charge in [-0.1, -0.05) is 47.5 Å². The van der Waals surface area contributed by atoms with Crippen molar-refractivity contribution in [2.24, 2.45) is 0 Å². The molecule has 172 valence electrons. The number of hydrogen-bond acceptors (Lipinski definition) is 5. The second-order valence-electron chi connectivity index (χ2n) is 8.12. The Morgan fingerprint density at radius 2 is 1.79 bits per heavy atom. The summed E-state index contributed by atoms with van der Waals surface area (Å²) in [4.78, 5) is 4.86. The third kappa shape index (κ3) is 4.41. The quantitative estimate of drug-likeness (QED) is 0.412. The van der Waals surface area contributed by atoms with Gasteiger partial charge in [0.2, 0.25) is 10.0 Å². The zero-order valence-corrected chi connectivity index (χ0v) is 20.4. The molecule has 2 aromatic carbocycles. The molecule has 34 heavy (non-hydrogen) atoms. The van der Waals surface area contributed by atoms with E-state index >= 15 is 0 Å². The molecule has 2 aromatic heterocycles. The van der Waals surface area contributed by atoms with E-state index in [1.165, 1.54) is 10.4 Å². The summed E-state index contributed by atoms with van der Waals surface area (Å²) in [6, 6.07) is 15.7. The van der Waals surface area contributed by atoms with Gasteiger partial charge in [-0.3, -0.25) is 0 Å². The van der Waals surface area contributed by atoms with E-state index in [4.69, 9.17) is 31.0 Å². The zero-order chi connectivity index (χ0) is 23.9. The SMILES string of the molecule is [B]c1cnn2c(NC3CCN(S(=O)(=O)c4cccc(Cl)c4)CC3)cc(-c3ccccc3Cl)nc12. The van der Waals surface area contributed by atoms with Crippen molar-refractivity contribution in [1.29, 1.82) is 0 Å². The lowest BCUT2D eigenvalue weighted by molar-refractivity contribution is 0.329. The highest BCUT2D eigenvalue weighted by Gasteiger charge is 2.30. The normalized spacial score (nSPS) is 15.6. The fraction of sp³-hybridized carbons (Fsp3) is 0.217. The predicted molar refractivity (Wildman–Crippen MR) is 136 cm³/mol. The van der Waals surface area contributed by atoms with Crippen LogP contribution in [-0.4, -0.2) is 54.3 Å². The second-order valence-corrected chi connectivity index (χ2v) is 10.9. The fourth-order valence-electron chi connectivity index (χ4n) is 4.12. The minimum Gasteiger partial charge on any atom is -0.367 e. The van der Waals surface area contributed by atoms with Crippen LogP contribution in [0.15, 0.2) is 65.7 Å². The third-order valence-corrected chi connectivity index (χ3v) is 8.35. The highest BCUT2D eigenvalue weighted by atomic mass is 35.5. The van der Waals surface area contributed by atoms with Crippen molar-refractivity contribution in [1.82, 2.24) is 18.9 Å². The minimum atomic E-state index is -3.60. The molecule has 1 fully saturated rings. The van der Waals surface area contributed by atoms with E-state index in [2.05, 4.69) is 15.4 Å². The first-order valence-corrected chi connectivity index (χ1v) is 12.9. The summed E-state index contributed by atoms with van der Waals surface area (Å²) in [7, 11) is 2.51. The fourth-order valence-corrected chi connectivity index (χ4v) is 6.12. The summed E-state index contributed by atoms with van der Waals surface area (Å²) >= 11 is 12.4. The maximum Gasteiger partial charge on any atom is 0.243 e. The van der Waals surface area contributed by atoms with Gasteiger partial charge in [-0.05, 0) is 42.6 Å². The molecule has 7 nitrogen and oxygen atoms in total. The number of piperidine rings is 1. The van der Waals surface area contributed by atoms with Crippen LogP contribution in [0.1, 0.15) is 12.8 Å². The molecule has 0 spiro atoms. The average Bonchev–Trinajstić information content (AvgIpc) is 3.21. The number of nitrogens with one attached hydrogen (secondary N) is 1. The lowest BCUT2D eigenvalue weighted by atomic mass is 10.0. The molecule has 3 heterocycles. The highest BCUT2D eigenvalue weighted by molar-refractivity contribution is 7.89. The van der Waals surface area contributed by atoms with E-state index in [-0.39, 0.29) is 10.9 Å². The molecule has 1 N–H and O–H groups in total. The van der Waals surface area contributed by atoms with Crippen LogP contribution in [-0.2, 0) is 10.0 Å². The first-order valence-electron chi connectivity index (χ1n) is 10.7. The van der Waals surface area contributed by atoms with Gasteiger partial charge in [-0.25, -0.2) is 13.4 Å². The van der Waals surface area contributed by atoms with Crippen molar-refractivity contribution >= 4 is 58.0 Å². The van der Waals surface area contributed by atoms with Gasteiger partial charge in [0.05, 0.1) is 10.6 Å². The van der Waals surface area contributed by atoms with Gasteiger partial charge in [-0.2, -0.15) is 13.9 Å². The Bertz CT molecular complexity index is 1470. The number of benzene rings is 2. The van der Waals surface area contributed by atoms with Crippen molar-refractivity contribution in [3.8, 4) is 11.3 Å². The molecule has 0 aliphatic carbocycles. The van der Waals surface area contributed by atoms with Crippen LogP contribution in [0.25, 0.3) is 16.9 Å². The number of rotatable bonds is 5. The third-order valence-electron chi connectivity index (χ3n) is 5.89. The number of hydrogen-bond donors (Lipinski definition) is 1. The van der Waals surface area contributed by atoms with Crippen LogP contribution in [0.5, 0.6) is 0 Å². The number of fused-ring (bicyclic) bond motifs is 1. The standard InChI is InChI=1S/C23H20BCl2N5O2S/c24-19-14-27-31-22(13-21(29-23(19)31)18-6-1-2-7-20(18)26)28-16-8-10-30(11-9-16)34(32,33)17-5-3-4-15(25)12-17/h1-7,12-14,16,28H,8-11H2. The molecular weight excluding hydrogens is 492 g/mol. The smallest absolute Gasteiger partial charge is 0.243 e. The largest absolute Gasteiger partial charge is 0.367 e. The van der Waals surface area contributed by atoms with Gasteiger partial charge in [0.1, 0.15) is 13.7 Å². The van der Waals surface area contributed by atoms with Gasteiger partial charge in [0.25, 0.3) is 0 Å². The van der Waals surface area contributed by atoms with Crippen LogP contribution in [0.3, 0.4) is 0 Å². The highest BCUT2D eigenvalue weighted by Crippen LogP contribution is 2.29. The number of sulfonamides is 1. The molecule has 0 saturated carbocycles. The molecule has 1 saturated heterocycles. The molecule has 0 atom stereocenters. The summed E-state index contributed by atoms with van der Waals surface area (Å²) < 4.78 is 29.2. The predicted octanol–water partition coefficient (Wildman–Crippen LogP) is 3.76.